The van der Waals surface area contributed by atoms with E-state index in [1.807, 2.05) is 0 Å². The highest BCUT2D eigenvalue weighted by Gasteiger charge is 2.41. The summed E-state index contributed by atoms with van der Waals surface area (Å²) in [6, 6.07) is 10.9. The van der Waals surface area contributed by atoms with E-state index < -0.39 is 12.2 Å². The Bertz CT molecular complexity index is 581. The van der Waals surface area contributed by atoms with Crippen LogP contribution in [0.15, 0.2) is 48.5 Å². The first-order valence-electron chi connectivity index (χ1n) is 6.02. The van der Waals surface area contributed by atoms with Gasteiger partial charge in [-0.05, 0) is 30.2 Å². The highest BCUT2D eigenvalue weighted by Crippen LogP contribution is 2.37. The number of alkyl halides is 3. The molecule has 0 aliphatic carbocycles. The Morgan fingerprint density at radius 2 is 1.70 bits per heavy atom. The van der Waals surface area contributed by atoms with Gasteiger partial charge >= 0.3 is 6.18 Å². The van der Waals surface area contributed by atoms with Crippen LogP contribution in [-0.2, 0) is 0 Å². The van der Waals surface area contributed by atoms with Crippen LogP contribution < -0.4 is 5.32 Å². The van der Waals surface area contributed by atoms with Crippen molar-refractivity contribution in [3.8, 4) is 0 Å². The van der Waals surface area contributed by atoms with Crippen LogP contribution in [0, 0.1) is 6.92 Å². The summed E-state index contributed by atoms with van der Waals surface area (Å²) >= 11 is 5.95. The molecule has 2 aromatic rings. The minimum atomic E-state index is -4.41. The average molecular weight is 300 g/mol. The van der Waals surface area contributed by atoms with Gasteiger partial charge in [0.15, 0.2) is 0 Å². The number of hydrogen-bond donors (Lipinski definition) is 1. The van der Waals surface area contributed by atoms with Crippen molar-refractivity contribution in [2.75, 3.05) is 5.32 Å². The minimum Gasteiger partial charge on any atom is -0.369 e. The zero-order valence-corrected chi connectivity index (χ0v) is 11.5. The zero-order valence-electron chi connectivity index (χ0n) is 10.7. The van der Waals surface area contributed by atoms with Crippen LogP contribution in [0.25, 0.3) is 0 Å². The van der Waals surface area contributed by atoms with Gasteiger partial charge in [-0.25, -0.2) is 0 Å². The Morgan fingerprint density at radius 1 is 1.05 bits per heavy atom. The van der Waals surface area contributed by atoms with Gasteiger partial charge in [0, 0.05) is 0 Å². The van der Waals surface area contributed by atoms with E-state index in [9.17, 15) is 13.2 Å². The fourth-order valence-electron chi connectivity index (χ4n) is 1.90. The zero-order chi connectivity index (χ0) is 14.8. The Hall–Kier alpha value is -1.68. The summed E-state index contributed by atoms with van der Waals surface area (Å²) in [7, 11) is 0. The Balaban J connectivity index is 2.37. The van der Waals surface area contributed by atoms with Gasteiger partial charge in [-0.1, -0.05) is 48.0 Å². The molecule has 0 spiro atoms. The number of anilines is 1. The highest BCUT2D eigenvalue weighted by atomic mass is 35.5. The van der Waals surface area contributed by atoms with E-state index in [1.165, 1.54) is 12.1 Å². The molecule has 0 saturated heterocycles. The van der Waals surface area contributed by atoms with E-state index in [2.05, 4.69) is 5.32 Å². The third kappa shape index (κ3) is 3.45. The molecule has 0 aliphatic rings. The molecule has 2 aromatic carbocycles. The van der Waals surface area contributed by atoms with E-state index in [4.69, 9.17) is 11.6 Å². The molecule has 5 heteroatoms. The van der Waals surface area contributed by atoms with Crippen molar-refractivity contribution < 1.29 is 13.2 Å². The molecule has 1 atom stereocenters. The number of rotatable bonds is 3. The molecule has 0 amide bonds. The molecular formula is C15H13ClF3N. The SMILES string of the molecule is Cc1ccc(Cl)c(NC(c2ccccc2)C(F)(F)F)c1. The van der Waals surface area contributed by atoms with Crippen molar-refractivity contribution in [2.45, 2.75) is 19.1 Å². The molecule has 2 rings (SSSR count). The van der Waals surface area contributed by atoms with Crippen molar-refractivity contribution in [1.82, 2.24) is 0 Å². The van der Waals surface area contributed by atoms with Crippen molar-refractivity contribution in [3.05, 3.63) is 64.7 Å². The predicted molar refractivity (Wildman–Crippen MR) is 75.0 cm³/mol. The lowest BCUT2D eigenvalue weighted by Crippen LogP contribution is -2.28. The minimum absolute atomic E-state index is 0.151. The van der Waals surface area contributed by atoms with Crippen LogP contribution in [0.5, 0.6) is 0 Å². The van der Waals surface area contributed by atoms with Gasteiger partial charge in [-0.15, -0.1) is 0 Å². The summed E-state index contributed by atoms with van der Waals surface area (Å²) in [5.41, 5.74) is 1.27. The lowest BCUT2D eigenvalue weighted by atomic mass is 10.1. The Labute approximate surface area is 120 Å². The topological polar surface area (TPSA) is 12.0 Å². The molecule has 0 saturated carbocycles. The molecule has 1 unspecified atom stereocenters. The van der Waals surface area contributed by atoms with E-state index in [1.54, 1.807) is 43.3 Å². The molecule has 0 heterocycles. The van der Waals surface area contributed by atoms with Gasteiger partial charge in [0.05, 0.1) is 10.7 Å². The van der Waals surface area contributed by atoms with Crippen LogP contribution in [0.1, 0.15) is 17.2 Å². The quantitative estimate of drug-likeness (QED) is 0.804. The van der Waals surface area contributed by atoms with Crippen molar-refractivity contribution >= 4 is 17.3 Å². The first kappa shape index (κ1) is 14.7. The molecule has 0 bridgehead atoms. The second kappa shape index (κ2) is 5.75. The largest absolute Gasteiger partial charge is 0.412 e. The normalized spacial score (nSPS) is 13.1. The summed E-state index contributed by atoms with van der Waals surface area (Å²) in [6.45, 7) is 1.80. The lowest BCUT2D eigenvalue weighted by molar-refractivity contribution is -0.144. The maximum atomic E-state index is 13.2. The third-order valence-electron chi connectivity index (χ3n) is 2.88. The Morgan fingerprint density at radius 3 is 2.30 bits per heavy atom. The fourth-order valence-corrected chi connectivity index (χ4v) is 2.08. The lowest BCUT2D eigenvalue weighted by Gasteiger charge is -2.24. The summed E-state index contributed by atoms with van der Waals surface area (Å²) in [5, 5.41) is 2.75. The summed E-state index contributed by atoms with van der Waals surface area (Å²) in [5.74, 6) is 0. The van der Waals surface area contributed by atoms with E-state index in [0.717, 1.165) is 5.56 Å². The van der Waals surface area contributed by atoms with Gasteiger partial charge in [-0.2, -0.15) is 13.2 Å². The Kier molecular flexibility index (Phi) is 4.23. The fraction of sp³-hybridized carbons (Fsp3) is 0.200. The standard InChI is InChI=1S/C15H13ClF3N/c1-10-7-8-12(16)13(9-10)20-14(15(17,18)19)11-5-3-2-4-6-11/h2-9,14,20H,1H3. The summed E-state index contributed by atoms with van der Waals surface area (Å²) in [6.07, 6.45) is -4.41. The molecular weight excluding hydrogens is 287 g/mol. The van der Waals surface area contributed by atoms with Crippen LogP contribution in [-0.4, -0.2) is 6.18 Å². The van der Waals surface area contributed by atoms with E-state index >= 15 is 0 Å². The van der Waals surface area contributed by atoms with Crippen LogP contribution in [0.2, 0.25) is 5.02 Å². The second-order valence-electron chi connectivity index (χ2n) is 4.51. The highest BCUT2D eigenvalue weighted by molar-refractivity contribution is 6.33. The van der Waals surface area contributed by atoms with E-state index in [-0.39, 0.29) is 16.3 Å². The van der Waals surface area contributed by atoms with E-state index in [0.29, 0.717) is 0 Å². The van der Waals surface area contributed by atoms with Crippen molar-refractivity contribution in [1.29, 1.82) is 0 Å². The van der Waals surface area contributed by atoms with Gasteiger partial charge in [0.25, 0.3) is 0 Å². The van der Waals surface area contributed by atoms with Gasteiger partial charge < -0.3 is 5.32 Å². The molecule has 0 radical (unpaired) electrons. The maximum Gasteiger partial charge on any atom is 0.412 e. The number of aryl methyl sites for hydroxylation is 1. The molecule has 0 aliphatic heterocycles. The number of hydrogen-bond acceptors (Lipinski definition) is 1. The molecule has 20 heavy (non-hydrogen) atoms. The second-order valence-corrected chi connectivity index (χ2v) is 4.92. The summed E-state index contributed by atoms with van der Waals surface area (Å²) < 4.78 is 39.7. The first-order chi connectivity index (χ1) is 9.38. The van der Waals surface area contributed by atoms with Gasteiger partial charge in [-0.3, -0.25) is 0 Å². The molecule has 0 fully saturated rings. The number of benzene rings is 2. The number of halogens is 4. The first-order valence-corrected chi connectivity index (χ1v) is 6.40. The predicted octanol–water partition coefficient (Wildman–Crippen LogP) is 5.36. The smallest absolute Gasteiger partial charge is 0.369 e. The molecule has 106 valence electrons. The maximum absolute atomic E-state index is 13.2. The van der Waals surface area contributed by atoms with Gasteiger partial charge in [0.2, 0.25) is 0 Å². The molecule has 1 nitrogen and oxygen atoms in total. The van der Waals surface area contributed by atoms with Gasteiger partial charge in [0.1, 0.15) is 6.04 Å². The number of nitrogens with one attached hydrogen (secondary N) is 1. The van der Waals surface area contributed by atoms with Crippen LogP contribution >= 0.6 is 11.6 Å². The van der Waals surface area contributed by atoms with Crippen molar-refractivity contribution in [3.63, 3.8) is 0 Å². The van der Waals surface area contributed by atoms with Crippen molar-refractivity contribution in [2.24, 2.45) is 0 Å². The summed E-state index contributed by atoms with van der Waals surface area (Å²) in [4.78, 5) is 0. The third-order valence-corrected chi connectivity index (χ3v) is 3.21. The van der Waals surface area contributed by atoms with Crippen LogP contribution in [0.3, 0.4) is 0 Å². The monoisotopic (exact) mass is 299 g/mol. The van der Waals surface area contributed by atoms with Crippen LogP contribution in [0.4, 0.5) is 18.9 Å². The molecule has 0 aromatic heterocycles. The average Bonchev–Trinajstić information content (AvgIpc) is 2.39. The molecule has 1 N–H and O–H groups in total.